The monoisotopic (exact) mass is 287 g/mol. The minimum absolute atomic E-state index is 0.535. The molecule has 1 aromatic heterocycles. The van der Waals surface area contributed by atoms with E-state index >= 15 is 0 Å². The van der Waals surface area contributed by atoms with Crippen molar-refractivity contribution in [1.82, 2.24) is 9.97 Å². The molecule has 0 aliphatic rings. The first-order valence-corrected chi connectivity index (χ1v) is 7.93. The van der Waals surface area contributed by atoms with Crippen LogP contribution in [0.3, 0.4) is 0 Å². The van der Waals surface area contributed by atoms with Crippen LogP contribution in [0.5, 0.6) is 0 Å². The van der Waals surface area contributed by atoms with Crippen LogP contribution in [0.2, 0.25) is 0 Å². The average Bonchev–Trinajstić information content (AvgIpc) is 2.81. The molecule has 5 nitrogen and oxygen atoms in total. The third-order valence-corrected chi connectivity index (χ3v) is 3.46. The standard InChI is InChI=1S/C14H13N3O2S/c1-20(18,19)17-11-8-6-10(7-9-11)14-15-12-4-2-3-5-13(12)16-14/h2-9,17H,1H3,(H,15,16). The number of imidazole rings is 1. The molecule has 3 rings (SSSR count). The molecule has 0 bridgehead atoms. The van der Waals surface area contributed by atoms with E-state index in [1.807, 2.05) is 36.4 Å². The van der Waals surface area contributed by atoms with Crippen molar-refractivity contribution in [2.24, 2.45) is 0 Å². The number of nitrogens with one attached hydrogen (secondary N) is 2. The highest BCUT2D eigenvalue weighted by atomic mass is 32.2. The Morgan fingerprint density at radius 2 is 1.75 bits per heavy atom. The first-order valence-electron chi connectivity index (χ1n) is 6.04. The van der Waals surface area contributed by atoms with Crippen molar-refractivity contribution < 1.29 is 8.42 Å². The fraction of sp³-hybridized carbons (Fsp3) is 0.0714. The summed E-state index contributed by atoms with van der Waals surface area (Å²) < 4.78 is 24.7. The predicted octanol–water partition coefficient (Wildman–Crippen LogP) is 2.60. The molecule has 2 aromatic carbocycles. The van der Waals surface area contributed by atoms with E-state index in [4.69, 9.17) is 0 Å². The van der Waals surface area contributed by atoms with Gasteiger partial charge in [-0.1, -0.05) is 12.1 Å². The molecule has 0 atom stereocenters. The summed E-state index contributed by atoms with van der Waals surface area (Å²) in [6, 6.07) is 14.9. The number of anilines is 1. The second-order valence-electron chi connectivity index (χ2n) is 4.55. The normalized spacial score (nSPS) is 11.7. The minimum Gasteiger partial charge on any atom is -0.338 e. The van der Waals surface area contributed by atoms with Gasteiger partial charge < -0.3 is 4.98 Å². The SMILES string of the molecule is CS(=O)(=O)Nc1ccc(-c2nc3ccccc3[nH]2)cc1. The number of para-hydroxylation sites is 2. The molecule has 0 fully saturated rings. The van der Waals surface area contributed by atoms with Crippen molar-refractivity contribution in [1.29, 1.82) is 0 Å². The molecule has 102 valence electrons. The van der Waals surface area contributed by atoms with Gasteiger partial charge in [0.15, 0.2) is 0 Å². The summed E-state index contributed by atoms with van der Waals surface area (Å²) in [6.07, 6.45) is 1.13. The molecule has 0 aliphatic heterocycles. The van der Waals surface area contributed by atoms with Gasteiger partial charge in [-0.25, -0.2) is 13.4 Å². The Hall–Kier alpha value is -2.34. The number of hydrogen-bond acceptors (Lipinski definition) is 3. The maximum atomic E-state index is 11.1. The van der Waals surface area contributed by atoms with Gasteiger partial charge in [-0.05, 0) is 36.4 Å². The second kappa shape index (κ2) is 4.64. The zero-order valence-electron chi connectivity index (χ0n) is 10.8. The Kier molecular flexibility index (Phi) is 2.94. The van der Waals surface area contributed by atoms with E-state index in [1.165, 1.54) is 0 Å². The molecule has 6 heteroatoms. The fourth-order valence-corrected chi connectivity index (χ4v) is 2.56. The number of benzene rings is 2. The van der Waals surface area contributed by atoms with Crippen LogP contribution >= 0.6 is 0 Å². The van der Waals surface area contributed by atoms with Crippen LogP contribution in [0, 0.1) is 0 Å². The number of rotatable bonds is 3. The van der Waals surface area contributed by atoms with Crippen LogP contribution in [-0.2, 0) is 10.0 Å². The van der Waals surface area contributed by atoms with Gasteiger partial charge in [0, 0.05) is 11.3 Å². The van der Waals surface area contributed by atoms with E-state index in [-0.39, 0.29) is 0 Å². The van der Waals surface area contributed by atoms with Crippen molar-refractivity contribution in [3.8, 4) is 11.4 Å². The van der Waals surface area contributed by atoms with Gasteiger partial charge in [0.05, 0.1) is 17.3 Å². The molecule has 0 radical (unpaired) electrons. The number of nitrogens with zero attached hydrogens (tertiary/aromatic N) is 1. The predicted molar refractivity (Wildman–Crippen MR) is 80.0 cm³/mol. The Bertz CT molecular complexity index is 819. The summed E-state index contributed by atoms with van der Waals surface area (Å²) >= 11 is 0. The van der Waals surface area contributed by atoms with Crippen LogP contribution in [-0.4, -0.2) is 24.6 Å². The summed E-state index contributed by atoms with van der Waals surface area (Å²) in [5.74, 6) is 0.761. The quantitative estimate of drug-likeness (QED) is 0.777. The van der Waals surface area contributed by atoms with Crippen LogP contribution in [0.15, 0.2) is 48.5 Å². The Morgan fingerprint density at radius 1 is 1.05 bits per heavy atom. The lowest BCUT2D eigenvalue weighted by Crippen LogP contribution is -2.09. The molecule has 1 heterocycles. The van der Waals surface area contributed by atoms with Crippen LogP contribution in [0.1, 0.15) is 0 Å². The van der Waals surface area contributed by atoms with Crippen LogP contribution in [0.4, 0.5) is 5.69 Å². The largest absolute Gasteiger partial charge is 0.338 e. The summed E-state index contributed by atoms with van der Waals surface area (Å²) in [5.41, 5.74) is 3.31. The summed E-state index contributed by atoms with van der Waals surface area (Å²) in [7, 11) is -3.25. The third-order valence-electron chi connectivity index (χ3n) is 2.85. The van der Waals surface area contributed by atoms with E-state index < -0.39 is 10.0 Å². The molecular weight excluding hydrogens is 274 g/mol. The summed E-state index contributed by atoms with van der Waals surface area (Å²) in [4.78, 5) is 7.72. The number of aromatic nitrogens is 2. The second-order valence-corrected chi connectivity index (χ2v) is 6.30. The van der Waals surface area contributed by atoms with Crippen molar-refractivity contribution in [3.05, 3.63) is 48.5 Å². The van der Waals surface area contributed by atoms with Gasteiger partial charge in [0.1, 0.15) is 5.82 Å². The molecule has 0 amide bonds. The molecule has 20 heavy (non-hydrogen) atoms. The zero-order chi connectivity index (χ0) is 14.2. The van der Waals surface area contributed by atoms with Crippen molar-refractivity contribution in [3.63, 3.8) is 0 Å². The Morgan fingerprint density at radius 3 is 2.40 bits per heavy atom. The fourth-order valence-electron chi connectivity index (χ4n) is 2.00. The first-order chi connectivity index (χ1) is 9.51. The topological polar surface area (TPSA) is 74.8 Å². The highest BCUT2D eigenvalue weighted by Crippen LogP contribution is 2.22. The summed E-state index contributed by atoms with van der Waals surface area (Å²) in [5, 5.41) is 0. The smallest absolute Gasteiger partial charge is 0.229 e. The number of fused-ring (bicyclic) bond motifs is 1. The van der Waals surface area contributed by atoms with E-state index in [0.717, 1.165) is 28.7 Å². The van der Waals surface area contributed by atoms with E-state index in [9.17, 15) is 8.42 Å². The number of aromatic amines is 1. The van der Waals surface area contributed by atoms with Crippen LogP contribution < -0.4 is 4.72 Å². The highest BCUT2D eigenvalue weighted by molar-refractivity contribution is 7.92. The van der Waals surface area contributed by atoms with Gasteiger partial charge in [-0.3, -0.25) is 4.72 Å². The molecule has 0 unspecified atom stereocenters. The number of H-pyrrole nitrogens is 1. The van der Waals surface area contributed by atoms with Crippen molar-refractivity contribution in [2.75, 3.05) is 11.0 Å². The molecule has 0 spiro atoms. The van der Waals surface area contributed by atoms with Gasteiger partial charge in [0.2, 0.25) is 10.0 Å². The van der Waals surface area contributed by atoms with Gasteiger partial charge >= 0.3 is 0 Å². The highest BCUT2D eigenvalue weighted by Gasteiger charge is 2.06. The number of sulfonamides is 1. The summed E-state index contributed by atoms with van der Waals surface area (Å²) in [6.45, 7) is 0. The average molecular weight is 287 g/mol. The Labute approximate surface area is 116 Å². The number of hydrogen-bond donors (Lipinski definition) is 2. The van der Waals surface area contributed by atoms with Crippen molar-refractivity contribution >= 4 is 26.7 Å². The third kappa shape index (κ3) is 2.65. The molecular formula is C14H13N3O2S. The lowest BCUT2D eigenvalue weighted by Gasteiger charge is -2.04. The Balaban J connectivity index is 1.94. The van der Waals surface area contributed by atoms with Gasteiger partial charge in [-0.15, -0.1) is 0 Å². The van der Waals surface area contributed by atoms with Crippen LogP contribution in [0.25, 0.3) is 22.4 Å². The van der Waals surface area contributed by atoms with Crippen molar-refractivity contribution in [2.45, 2.75) is 0 Å². The molecule has 0 saturated carbocycles. The van der Waals surface area contributed by atoms with E-state index in [0.29, 0.717) is 5.69 Å². The van der Waals surface area contributed by atoms with E-state index in [1.54, 1.807) is 12.1 Å². The van der Waals surface area contributed by atoms with E-state index in [2.05, 4.69) is 14.7 Å². The van der Waals surface area contributed by atoms with Gasteiger partial charge in [0.25, 0.3) is 0 Å². The van der Waals surface area contributed by atoms with Gasteiger partial charge in [-0.2, -0.15) is 0 Å². The molecule has 0 saturated heterocycles. The minimum atomic E-state index is -3.25. The lowest BCUT2D eigenvalue weighted by atomic mass is 10.2. The first kappa shape index (κ1) is 12.7. The lowest BCUT2D eigenvalue weighted by molar-refractivity contribution is 0.607. The maximum absolute atomic E-state index is 11.1. The maximum Gasteiger partial charge on any atom is 0.229 e. The molecule has 2 N–H and O–H groups in total. The molecule has 3 aromatic rings. The molecule has 0 aliphatic carbocycles. The zero-order valence-corrected chi connectivity index (χ0v) is 11.6.